The fourth-order valence-electron chi connectivity index (χ4n) is 1.71. The van der Waals surface area contributed by atoms with Gasteiger partial charge in [0.05, 0.1) is 0 Å². The fraction of sp³-hybridized carbons (Fsp3) is 0.286. The number of halogens is 1. The van der Waals surface area contributed by atoms with Crippen LogP contribution in [-0.2, 0) is 11.3 Å². The average Bonchev–Trinajstić information content (AvgIpc) is 2.39. The molecule has 0 radical (unpaired) electrons. The number of benzene rings is 1. The second-order valence-electron chi connectivity index (χ2n) is 4.49. The Labute approximate surface area is 123 Å². The molecule has 0 aliphatic rings. The molecular formula is C14H17ClN4O. The van der Waals surface area contributed by atoms with E-state index in [1.807, 2.05) is 43.3 Å². The average molecular weight is 293 g/mol. The normalized spacial score (nSPS) is 10.4. The number of nitrogens with zero attached hydrogens (tertiary/aromatic N) is 3. The summed E-state index contributed by atoms with van der Waals surface area (Å²) in [6, 6.07) is 9.71. The summed E-state index contributed by atoms with van der Waals surface area (Å²) >= 11 is 5.97. The first-order valence-corrected chi connectivity index (χ1v) is 6.53. The van der Waals surface area contributed by atoms with Crippen LogP contribution < -0.4 is 10.2 Å². The van der Waals surface area contributed by atoms with Gasteiger partial charge in [-0.2, -0.15) is 0 Å². The number of hydrogen-bond acceptors (Lipinski definition) is 5. The molecule has 2 rings (SSSR count). The van der Waals surface area contributed by atoms with E-state index in [4.69, 9.17) is 16.3 Å². The molecule has 0 saturated carbocycles. The number of hydrogen-bond donors (Lipinski definition) is 1. The molecule has 106 valence electrons. The van der Waals surface area contributed by atoms with Crippen molar-refractivity contribution in [1.29, 1.82) is 0 Å². The van der Waals surface area contributed by atoms with Gasteiger partial charge < -0.3 is 15.0 Å². The van der Waals surface area contributed by atoms with Gasteiger partial charge in [0.2, 0.25) is 0 Å². The van der Waals surface area contributed by atoms with Gasteiger partial charge in [0, 0.05) is 38.6 Å². The van der Waals surface area contributed by atoms with Crippen LogP contribution in [0.5, 0.6) is 0 Å². The van der Waals surface area contributed by atoms with Gasteiger partial charge in [-0.1, -0.05) is 11.6 Å². The zero-order chi connectivity index (χ0) is 14.5. The third kappa shape index (κ3) is 3.82. The number of ether oxygens (including phenoxy) is 1. The van der Waals surface area contributed by atoms with Gasteiger partial charge in [-0.3, -0.25) is 0 Å². The Morgan fingerprint density at radius 2 is 1.90 bits per heavy atom. The smallest absolute Gasteiger partial charge is 0.158 e. The monoisotopic (exact) mass is 292 g/mol. The molecule has 5 nitrogen and oxygen atoms in total. The van der Waals surface area contributed by atoms with Crippen LogP contribution in [-0.4, -0.2) is 31.2 Å². The van der Waals surface area contributed by atoms with Crippen molar-refractivity contribution in [2.24, 2.45) is 0 Å². The van der Waals surface area contributed by atoms with E-state index in [-0.39, 0.29) is 0 Å². The molecule has 0 spiro atoms. The molecule has 1 heterocycles. The number of nitrogens with one attached hydrogen (secondary N) is 1. The van der Waals surface area contributed by atoms with Crippen molar-refractivity contribution in [2.75, 3.05) is 31.4 Å². The molecule has 0 bridgehead atoms. The van der Waals surface area contributed by atoms with Crippen LogP contribution in [0.15, 0.2) is 30.3 Å². The lowest BCUT2D eigenvalue weighted by Gasteiger charge is -2.13. The number of methoxy groups -OCH3 is 1. The van der Waals surface area contributed by atoms with Gasteiger partial charge in [-0.15, -0.1) is 0 Å². The van der Waals surface area contributed by atoms with E-state index in [1.54, 1.807) is 13.2 Å². The SMILES string of the molecule is COCc1nc(Cl)cc(Nc2ccc(N(C)C)cc2)n1. The number of anilines is 3. The molecule has 0 fully saturated rings. The molecule has 0 amide bonds. The zero-order valence-electron chi connectivity index (χ0n) is 11.7. The van der Waals surface area contributed by atoms with Gasteiger partial charge in [-0.05, 0) is 24.3 Å². The Morgan fingerprint density at radius 1 is 1.20 bits per heavy atom. The van der Waals surface area contributed by atoms with E-state index in [1.165, 1.54) is 0 Å². The summed E-state index contributed by atoms with van der Waals surface area (Å²) in [7, 11) is 5.60. The number of rotatable bonds is 5. The predicted octanol–water partition coefficient (Wildman–Crippen LogP) is 3.09. The van der Waals surface area contributed by atoms with Crippen LogP contribution in [0, 0.1) is 0 Å². The fourth-order valence-corrected chi connectivity index (χ4v) is 1.91. The molecule has 0 aliphatic carbocycles. The number of aromatic nitrogens is 2. The van der Waals surface area contributed by atoms with Gasteiger partial charge >= 0.3 is 0 Å². The third-order valence-electron chi connectivity index (χ3n) is 2.67. The first-order valence-electron chi connectivity index (χ1n) is 6.15. The van der Waals surface area contributed by atoms with Crippen LogP contribution >= 0.6 is 11.6 Å². The highest BCUT2D eigenvalue weighted by Crippen LogP contribution is 2.20. The topological polar surface area (TPSA) is 50.3 Å². The van der Waals surface area contributed by atoms with Crippen molar-refractivity contribution in [2.45, 2.75) is 6.61 Å². The Bertz CT molecular complexity index is 572. The molecule has 0 unspecified atom stereocenters. The molecule has 1 aromatic heterocycles. The lowest BCUT2D eigenvalue weighted by Crippen LogP contribution is -2.08. The molecule has 0 saturated heterocycles. The molecular weight excluding hydrogens is 276 g/mol. The van der Waals surface area contributed by atoms with Gasteiger partial charge in [0.25, 0.3) is 0 Å². The standard InChI is InChI=1S/C14H17ClN4O/c1-19(2)11-6-4-10(5-7-11)16-13-8-12(15)17-14(18-13)9-20-3/h4-8H,9H2,1-3H3,(H,16,17,18). The summed E-state index contributed by atoms with van der Waals surface area (Å²) in [5.74, 6) is 1.20. The van der Waals surface area contributed by atoms with E-state index in [0.717, 1.165) is 11.4 Å². The summed E-state index contributed by atoms with van der Waals surface area (Å²) in [5.41, 5.74) is 2.07. The van der Waals surface area contributed by atoms with E-state index in [2.05, 4.69) is 15.3 Å². The second-order valence-corrected chi connectivity index (χ2v) is 4.88. The summed E-state index contributed by atoms with van der Waals surface area (Å²) in [6.45, 7) is 0.328. The minimum atomic E-state index is 0.328. The molecule has 20 heavy (non-hydrogen) atoms. The van der Waals surface area contributed by atoms with Gasteiger partial charge in [-0.25, -0.2) is 9.97 Å². The first-order chi connectivity index (χ1) is 9.58. The minimum absolute atomic E-state index is 0.328. The van der Waals surface area contributed by atoms with Crippen LogP contribution in [0.25, 0.3) is 0 Å². The molecule has 6 heteroatoms. The van der Waals surface area contributed by atoms with E-state index >= 15 is 0 Å². The summed E-state index contributed by atoms with van der Waals surface area (Å²) < 4.78 is 5.01. The Hall–Kier alpha value is -1.85. The van der Waals surface area contributed by atoms with Gasteiger partial charge in [0.1, 0.15) is 17.6 Å². The van der Waals surface area contributed by atoms with E-state index < -0.39 is 0 Å². The quantitative estimate of drug-likeness (QED) is 0.858. The molecule has 2 aromatic rings. The maximum Gasteiger partial charge on any atom is 0.158 e. The van der Waals surface area contributed by atoms with Crippen molar-refractivity contribution in [3.8, 4) is 0 Å². The summed E-state index contributed by atoms with van der Waals surface area (Å²) in [5, 5.41) is 3.59. The predicted molar refractivity (Wildman–Crippen MR) is 81.8 cm³/mol. The van der Waals surface area contributed by atoms with Crippen LogP contribution in [0.1, 0.15) is 5.82 Å². The maximum atomic E-state index is 5.97. The molecule has 1 aromatic carbocycles. The van der Waals surface area contributed by atoms with Gasteiger partial charge in [0.15, 0.2) is 5.82 Å². The Kier molecular flexibility index (Phi) is 4.76. The van der Waals surface area contributed by atoms with Crippen molar-refractivity contribution in [3.63, 3.8) is 0 Å². The molecule has 0 aliphatic heterocycles. The summed E-state index contributed by atoms with van der Waals surface area (Å²) in [6.07, 6.45) is 0. The Balaban J connectivity index is 2.16. The first kappa shape index (κ1) is 14.6. The maximum absolute atomic E-state index is 5.97. The van der Waals surface area contributed by atoms with Crippen molar-refractivity contribution >= 4 is 28.8 Å². The highest BCUT2D eigenvalue weighted by atomic mass is 35.5. The zero-order valence-corrected chi connectivity index (χ0v) is 12.5. The van der Waals surface area contributed by atoms with Crippen molar-refractivity contribution in [1.82, 2.24) is 9.97 Å². The van der Waals surface area contributed by atoms with Crippen molar-refractivity contribution < 1.29 is 4.74 Å². The van der Waals surface area contributed by atoms with Crippen LogP contribution in [0.2, 0.25) is 5.15 Å². The molecule has 0 atom stereocenters. The highest BCUT2D eigenvalue weighted by molar-refractivity contribution is 6.29. The molecule has 1 N–H and O–H groups in total. The van der Waals surface area contributed by atoms with Crippen molar-refractivity contribution in [3.05, 3.63) is 41.3 Å². The van der Waals surface area contributed by atoms with Crippen LogP contribution in [0.4, 0.5) is 17.2 Å². The van der Waals surface area contributed by atoms with E-state index in [0.29, 0.717) is 23.4 Å². The summed E-state index contributed by atoms with van der Waals surface area (Å²) in [4.78, 5) is 10.5. The Morgan fingerprint density at radius 3 is 2.50 bits per heavy atom. The lowest BCUT2D eigenvalue weighted by molar-refractivity contribution is 0.178. The second kappa shape index (κ2) is 6.54. The third-order valence-corrected chi connectivity index (χ3v) is 2.86. The minimum Gasteiger partial charge on any atom is -0.378 e. The van der Waals surface area contributed by atoms with Crippen LogP contribution in [0.3, 0.4) is 0 Å². The largest absolute Gasteiger partial charge is 0.378 e. The van der Waals surface area contributed by atoms with E-state index in [9.17, 15) is 0 Å². The lowest BCUT2D eigenvalue weighted by atomic mass is 10.2. The highest BCUT2D eigenvalue weighted by Gasteiger charge is 2.04.